The molecule has 1 aromatic heterocycles. The Bertz CT molecular complexity index is 980. The van der Waals surface area contributed by atoms with Gasteiger partial charge in [0.2, 0.25) is 11.8 Å². The second-order valence-corrected chi connectivity index (χ2v) is 6.92. The lowest BCUT2D eigenvalue weighted by molar-refractivity contribution is -0.132. The summed E-state index contributed by atoms with van der Waals surface area (Å²) in [5, 5.41) is 4.57. The molecule has 3 rings (SSSR count). The van der Waals surface area contributed by atoms with Crippen LogP contribution in [-0.2, 0) is 16.0 Å². The molecular weight excluding hydrogens is 362 g/mol. The van der Waals surface area contributed by atoms with Crippen molar-refractivity contribution in [3.8, 4) is 0 Å². The third-order valence-electron chi connectivity index (χ3n) is 4.65. The van der Waals surface area contributed by atoms with Crippen molar-refractivity contribution in [3.05, 3.63) is 64.8 Å². The fraction of sp³-hybridized carbons (Fsp3) is 0.238. The van der Waals surface area contributed by atoms with Gasteiger partial charge in [-0.05, 0) is 42.7 Å². The van der Waals surface area contributed by atoms with Crippen LogP contribution in [0.2, 0.25) is 5.02 Å². The van der Waals surface area contributed by atoms with Crippen molar-refractivity contribution in [2.75, 3.05) is 18.4 Å². The van der Waals surface area contributed by atoms with Gasteiger partial charge in [0.25, 0.3) is 0 Å². The Morgan fingerprint density at radius 2 is 1.93 bits per heavy atom. The van der Waals surface area contributed by atoms with Gasteiger partial charge in [-0.3, -0.25) is 9.59 Å². The summed E-state index contributed by atoms with van der Waals surface area (Å²) in [7, 11) is 0. The lowest BCUT2D eigenvalue weighted by atomic mass is 10.1. The number of carbonyl (C=O) groups is 2. The van der Waals surface area contributed by atoms with E-state index < -0.39 is 0 Å². The molecule has 2 amide bonds. The average molecular weight is 384 g/mol. The largest absolute Gasteiger partial charge is 0.361 e. The molecule has 3 aromatic rings. The molecule has 5 nitrogen and oxygen atoms in total. The number of carbonyl (C=O) groups excluding carboxylic acids is 2. The van der Waals surface area contributed by atoms with Gasteiger partial charge in [-0.25, -0.2) is 0 Å². The van der Waals surface area contributed by atoms with Crippen molar-refractivity contribution in [2.45, 2.75) is 20.3 Å². The normalized spacial score (nSPS) is 10.8. The second kappa shape index (κ2) is 8.27. The van der Waals surface area contributed by atoms with Crippen LogP contribution in [0.4, 0.5) is 5.69 Å². The fourth-order valence-electron chi connectivity index (χ4n) is 3.05. The minimum absolute atomic E-state index is 0.00361. The minimum Gasteiger partial charge on any atom is -0.361 e. The smallest absolute Gasteiger partial charge is 0.244 e. The standard InChI is InChI=1S/C21H22ClN3O2/c1-14-18(22)7-5-9-19(14)24-21(27)13-25(15(2)26)11-10-16-12-23-20-8-4-3-6-17(16)20/h3-9,12,23H,10-11,13H2,1-2H3,(H,24,27). The number of H-pyrrole nitrogens is 1. The van der Waals surface area contributed by atoms with E-state index in [9.17, 15) is 9.59 Å². The average Bonchev–Trinajstić information content (AvgIpc) is 3.05. The molecule has 6 heteroatoms. The number of aromatic amines is 1. The summed E-state index contributed by atoms with van der Waals surface area (Å²) >= 11 is 6.09. The van der Waals surface area contributed by atoms with E-state index >= 15 is 0 Å². The molecule has 0 aliphatic carbocycles. The molecular formula is C21H22ClN3O2. The summed E-state index contributed by atoms with van der Waals surface area (Å²) in [5.74, 6) is -0.373. The van der Waals surface area contributed by atoms with Gasteiger partial charge in [0.1, 0.15) is 0 Å². The van der Waals surface area contributed by atoms with Gasteiger partial charge >= 0.3 is 0 Å². The van der Waals surface area contributed by atoms with Crippen LogP contribution in [0.1, 0.15) is 18.1 Å². The molecule has 0 spiro atoms. The first-order chi connectivity index (χ1) is 13.0. The molecule has 0 atom stereocenters. The number of hydrogen-bond donors (Lipinski definition) is 2. The van der Waals surface area contributed by atoms with Crippen molar-refractivity contribution in [1.29, 1.82) is 0 Å². The van der Waals surface area contributed by atoms with Crippen LogP contribution in [0.15, 0.2) is 48.7 Å². The van der Waals surface area contributed by atoms with Crippen LogP contribution in [-0.4, -0.2) is 34.8 Å². The van der Waals surface area contributed by atoms with E-state index in [0.717, 1.165) is 22.0 Å². The number of anilines is 1. The van der Waals surface area contributed by atoms with Crippen molar-refractivity contribution in [3.63, 3.8) is 0 Å². The lowest BCUT2D eigenvalue weighted by Gasteiger charge is -2.21. The maximum Gasteiger partial charge on any atom is 0.244 e. The number of rotatable bonds is 6. The third kappa shape index (κ3) is 4.49. The topological polar surface area (TPSA) is 65.2 Å². The number of hydrogen-bond acceptors (Lipinski definition) is 2. The molecule has 140 valence electrons. The number of fused-ring (bicyclic) bond motifs is 1. The van der Waals surface area contributed by atoms with Gasteiger partial charge in [-0.1, -0.05) is 35.9 Å². The van der Waals surface area contributed by atoms with Gasteiger partial charge in [0, 0.05) is 41.3 Å². The first-order valence-corrected chi connectivity index (χ1v) is 9.19. The molecule has 2 aromatic carbocycles. The molecule has 0 saturated carbocycles. The Labute approximate surface area is 163 Å². The van der Waals surface area contributed by atoms with Gasteiger partial charge in [-0.2, -0.15) is 0 Å². The van der Waals surface area contributed by atoms with E-state index in [-0.39, 0.29) is 18.4 Å². The molecule has 0 saturated heterocycles. The maximum absolute atomic E-state index is 12.4. The Kier molecular flexibility index (Phi) is 5.81. The molecule has 1 heterocycles. The quantitative estimate of drug-likeness (QED) is 0.671. The Balaban J connectivity index is 1.64. The molecule has 0 bridgehead atoms. The zero-order chi connectivity index (χ0) is 19.4. The molecule has 0 aliphatic heterocycles. The van der Waals surface area contributed by atoms with E-state index in [1.54, 1.807) is 23.1 Å². The number of benzene rings is 2. The third-order valence-corrected chi connectivity index (χ3v) is 5.06. The van der Waals surface area contributed by atoms with Crippen LogP contribution in [0.5, 0.6) is 0 Å². The number of aromatic nitrogens is 1. The minimum atomic E-state index is -0.241. The van der Waals surface area contributed by atoms with Gasteiger partial charge in [0.15, 0.2) is 0 Å². The van der Waals surface area contributed by atoms with E-state index in [4.69, 9.17) is 11.6 Å². The Morgan fingerprint density at radius 1 is 1.15 bits per heavy atom. The van der Waals surface area contributed by atoms with Crippen molar-refractivity contribution < 1.29 is 9.59 Å². The maximum atomic E-state index is 12.4. The predicted molar refractivity (Wildman–Crippen MR) is 109 cm³/mol. The second-order valence-electron chi connectivity index (χ2n) is 6.51. The van der Waals surface area contributed by atoms with Crippen molar-refractivity contribution >= 4 is 40.0 Å². The summed E-state index contributed by atoms with van der Waals surface area (Å²) in [5.41, 5.74) is 3.66. The Morgan fingerprint density at radius 3 is 2.70 bits per heavy atom. The highest BCUT2D eigenvalue weighted by molar-refractivity contribution is 6.31. The molecule has 0 unspecified atom stereocenters. The van der Waals surface area contributed by atoms with E-state index in [2.05, 4.69) is 10.3 Å². The first kappa shape index (κ1) is 19.0. The van der Waals surface area contributed by atoms with Crippen LogP contribution >= 0.6 is 11.6 Å². The zero-order valence-electron chi connectivity index (χ0n) is 15.4. The number of halogens is 1. The first-order valence-electron chi connectivity index (χ1n) is 8.81. The van der Waals surface area contributed by atoms with E-state index in [1.807, 2.05) is 37.4 Å². The van der Waals surface area contributed by atoms with Crippen LogP contribution in [0, 0.1) is 6.92 Å². The van der Waals surface area contributed by atoms with Gasteiger partial charge in [0.05, 0.1) is 6.54 Å². The lowest BCUT2D eigenvalue weighted by Crippen LogP contribution is -2.38. The molecule has 27 heavy (non-hydrogen) atoms. The highest BCUT2D eigenvalue weighted by Gasteiger charge is 2.15. The monoisotopic (exact) mass is 383 g/mol. The molecule has 0 aliphatic rings. The number of amides is 2. The molecule has 0 fully saturated rings. The van der Waals surface area contributed by atoms with E-state index in [0.29, 0.717) is 23.7 Å². The highest BCUT2D eigenvalue weighted by Crippen LogP contribution is 2.23. The highest BCUT2D eigenvalue weighted by atomic mass is 35.5. The van der Waals surface area contributed by atoms with Gasteiger partial charge < -0.3 is 15.2 Å². The van der Waals surface area contributed by atoms with Crippen LogP contribution in [0.25, 0.3) is 10.9 Å². The molecule has 2 N–H and O–H groups in total. The summed E-state index contributed by atoms with van der Waals surface area (Å²) in [6.07, 6.45) is 2.63. The summed E-state index contributed by atoms with van der Waals surface area (Å²) in [6, 6.07) is 13.4. The Hall–Kier alpha value is -2.79. The van der Waals surface area contributed by atoms with Gasteiger partial charge in [-0.15, -0.1) is 0 Å². The zero-order valence-corrected chi connectivity index (χ0v) is 16.1. The van der Waals surface area contributed by atoms with Crippen molar-refractivity contribution in [2.24, 2.45) is 0 Å². The number of nitrogens with zero attached hydrogens (tertiary/aromatic N) is 1. The van der Waals surface area contributed by atoms with Crippen molar-refractivity contribution in [1.82, 2.24) is 9.88 Å². The molecule has 0 radical (unpaired) electrons. The summed E-state index contributed by atoms with van der Waals surface area (Å²) in [6.45, 7) is 3.80. The summed E-state index contributed by atoms with van der Waals surface area (Å²) < 4.78 is 0. The SMILES string of the molecule is CC(=O)N(CCc1c[nH]c2ccccc12)CC(=O)Nc1cccc(Cl)c1C. The fourth-order valence-corrected chi connectivity index (χ4v) is 3.22. The van der Waals surface area contributed by atoms with E-state index in [1.165, 1.54) is 6.92 Å². The predicted octanol–water partition coefficient (Wildman–Crippen LogP) is 4.16. The summed E-state index contributed by atoms with van der Waals surface area (Å²) in [4.78, 5) is 29.2. The number of nitrogens with one attached hydrogen (secondary N) is 2. The number of para-hydroxylation sites is 1. The van der Waals surface area contributed by atoms with Crippen LogP contribution < -0.4 is 5.32 Å². The van der Waals surface area contributed by atoms with Crippen LogP contribution in [0.3, 0.4) is 0 Å².